The topological polar surface area (TPSA) is 224 Å². The SMILES string of the molecule is CC[C@@H](OC)[C@@]1(C)OC(=O)N(CCOCCOC)[C@H]1[C@@H](C)C(=O)[C@H](C)C[C@@](C)(OC)[C@H](O[C@H]1C[C@@H](N(C)CCc2cn([C@H](CF)[C@H](OC)c3ccc(C4=NO[C@H](CO)C4)cc3)nn2)C[C@@H](C)O1)[C@@H](C)[C@H](O)[C@@H](C)C=O. The van der Waals surface area contributed by atoms with Gasteiger partial charge in [0.1, 0.15) is 30.9 Å². The van der Waals surface area contributed by atoms with E-state index in [2.05, 4.69) is 20.4 Å². The molecule has 0 spiro atoms. The van der Waals surface area contributed by atoms with E-state index < -0.39 is 90.4 Å². The molecule has 4 heterocycles. The van der Waals surface area contributed by atoms with E-state index in [1.807, 2.05) is 79.8 Å². The van der Waals surface area contributed by atoms with Gasteiger partial charge >= 0.3 is 6.09 Å². The highest BCUT2D eigenvalue weighted by atomic mass is 19.1. The van der Waals surface area contributed by atoms with E-state index in [4.69, 9.17) is 42.7 Å². The number of carbonyl (C=O) groups is 3. The number of aldehydes is 1. The van der Waals surface area contributed by atoms with Crippen LogP contribution in [0.4, 0.5) is 9.18 Å². The van der Waals surface area contributed by atoms with Crippen molar-refractivity contribution in [2.75, 3.05) is 81.7 Å². The van der Waals surface area contributed by atoms with Crippen molar-refractivity contribution in [1.82, 2.24) is 24.8 Å². The second-order valence-corrected chi connectivity index (χ2v) is 21.2. The first kappa shape index (κ1) is 61.8. The third-order valence-corrected chi connectivity index (χ3v) is 15.9. The summed E-state index contributed by atoms with van der Waals surface area (Å²) in [6, 6.07) is 6.01. The number of benzene rings is 1. The standard InChI is InChI=1S/C54H87FN6O14/c1-14-45(68-11)54(8)50(60(52(66)74-54)21-22-71-24-23-67-10)36(5)47(64)33(2)28-53(7,70-13)51(37(6)48(65)34(3)31-62)73-46-26-41(25-35(4)72-46)59(9)20-19-40-30-61(58-56-40)44(29-55)49(69-12)39-17-15-38(16-18-39)43-27-42(32-63)75-57-43/h15-18,30-31,33-37,41-42,44-46,48-51,63,65H,14,19-29,32H2,1-13H3/t33-,34+,35-,36+,37+,41+,42+,44-,45-,46+,48-,49-,50+,51-,53-,54-/m1/s1. The molecule has 0 unspecified atom stereocenters. The van der Waals surface area contributed by atoms with Gasteiger partial charge in [-0.05, 0) is 58.2 Å². The van der Waals surface area contributed by atoms with E-state index in [1.54, 1.807) is 39.3 Å². The smallest absolute Gasteiger partial charge is 0.410 e. The molecule has 2 N–H and O–H groups in total. The number of oxime groups is 1. The lowest BCUT2D eigenvalue weighted by molar-refractivity contribution is -0.270. The Morgan fingerprint density at radius 2 is 1.80 bits per heavy atom. The van der Waals surface area contributed by atoms with Crippen LogP contribution in [-0.2, 0) is 58.7 Å². The second kappa shape index (κ2) is 28.6. The van der Waals surface area contributed by atoms with Crippen LogP contribution < -0.4 is 0 Å². The van der Waals surface area contributed by atoms with Gasteiger partial charge in [0.05, 0.1) is 73.9 Å². The van der Waals surface area contributed by atoms with Crippen molar-refractivity contribution in [3.8, 4) is 0 Å². The molecule has 75 heavy (non-hydrogen) atoms. The predicted octanol–water partition coefficient (Wildman–Crippen LogP) is 5.55. The number of methoxy groups -OCH3 is 4. The van der Waals surface area contributed by atoms with Gasteiger partial charge in [-0.2, -0.15) is 0 Å². The molecule has 0 saturated carbocycles. The van der Waals surface area contributed by atoms with Crippen molar-refractivity contribution in [2.45, 2.75) is 166 Å². The Morgan fingerprint density at radius 1 is 1.08 bits per heavy atom. The second-order valence-electron chi connectivity index (χ2n) is 21.2. The largest absolute Gasteiger partial charge is 0.438 e. The van der Waals surface area contributed by atoms with E-state index in [0.29, 0.717) is 63.8 Å². The number of amides is 1. The number of rotatable bonds is 33. The summed E-state index contributed by atoms with van der Waals surface area (Å²) in [6.07, 6.45) is 0.300. The molecule has 0 radical (unpaired) electrons. The summed E-state index contributed by atoms with van der Waals surface area (Å²) in [5, 5.41) is 33.9. The first-order chi connectivity index (χ1) is 35.8. The van der Waals surface area contributed by atoms with Gasteiger partial charge < -0.3 is 62.6 Å². The maximum absolute atomic E-state index is 14.9. The zero-order chi connectivity index (χ0) is 55.2. The molecule has 5 rings (SSSR count). The molecule has 21 heteroatoms. The van der Waals surface area contributed by atoms with E-state index in [0.717, 1.165) is 16.8 Å². The number of nitrogens with zero attached hydrogens (tertiary/aromatic N) is 6. The highest BCUT2D eigenvalue weighted by Gasteiger charge is 2.59. The molecule has 1 aromatic heterocycles. The van der Waals surface area contributed by atoms with Crippen molar-refractivity contribution in [2.24, 2.45) is 28.8 Å². The normalized spacial score (nSPS) is 26.6. The van der Waals surface area contributed by atoms with Crippen LogP contribution >= 0.6 is 0 Å². The molecule has 3 aliphatic rings. The third-order valence-electron chi connectivity index (χ3n) is 15.9. The maximum atomic E-state index is 14.9. The number of cyclic esters (lactones) is 1. The highest BCUT2D eigenvalue weighted by Crippen LogP contribution is 2.42. The Hall–Kier alpha value is -4.03. The average molecular weight is 1060 g/mol. The van der Waals surface area contributed by atoms with Gasteiger partial charge in [-0.1, -0.05) is 69.3 Å². The van der Waals surface area contributed by atoms with Gasteiger partial charge in [0.15, 0.2) is 18.0 Å². The van der Waals surface area contributed by atoms with Gasteiger partial charge in [-0.25, -0.2) is 13.9 Å². The Bertz CT molecular complexity index is 2120. The monoisotopic (exact) mass is 1060 g/mol. The van der Waals surface area contributed by atoms with Gasteiger partial charge in [0, 0.05) is 96.7 Å². The quantitative estimate of drug-likeness (QED) is 0.0660. The summed E-state index contributed by atoms with van der Waals surface area (Å²) in [5.41, 5.74) is 0.657. The molecule has 424 valence electrons. The number of aliphatic hydroxyl groups is 2. The van der Waals surface area contributed by atoms with Crippen molar-refractivity contribution < 1.29 is 71.7 Å². The molecule has 0 bridgehead atoms. The van der Waals surface area contributed by atoms with E-state index in [9.17, 15) is 29.0 Å². The van der Waals surface area contributed by atoms with Gasteiger partial charge in [-0.15, -0.1) is 5.10 Å². The zero-order valence-electron chi connectivity index (χ0n) is 46.6. The van der Waals surface area contributed by atoms with Crippen LogP contribution in [0.3, 0.4) is 0 Å². The molecule has 0 aliphatic carbocycles. The molecule has 2 saturated heterocycles. The van der Waals surface area contributed by atoms with Crippen LogP contribution in [-0.4, -0.2) is 201 Å². The summed E-state index contributed by atoms with van der Waals surface area (Å²) >= 11 is 0. The summed E-state index contributed by atoms with van der Waals surface area (Å²) in [6.45, 7) is 15.6. The molecular formula is C54H87FN6O14. The molecule has 1 aromatic carbocycles. The predicted molar refractivity (Wildman–Crippen MR) is 276 cm³/mol. The third kappa shape index (κ3) is 15.0. The number of halogens is 1. The van der Waals surface area contributed by atoms with Crippen molar-refractivity contribution in [1.29, 1.82) is 0 Å². The number of hydrogen-bond donors (Lipinski definition) is 2. The minimum absolute atomic E-state index is 0.00698. The molecular weight excluding hydrogens is 976 g/mol. The fourth-order valence-corrected chi connectivity index (χ4v) is 11.5. The number of aromatic nitrogens is 3. The number of hydrogen-bond acceptors (Lipinski definition) is 18. The van der Waals surface area contributed by atoms with Crippen molar-refractivity contribution in [3.05, 3.63) is 47.3 Å². The first-order valence-corrected chi connectivity index (χ1v) is 26.5. The lowest BCUT2D eigenvalue weighted by Crippen LogP contribution is -2.58. The summed E-state index contributed by atoms with van der Waals surface area (Å²) in [5.74, 6) is -2.88. The Morgan fingerprint density at radius 3 is 2.40 bits per heavy atom. The number of ketones is 1. The molecule has 1 amide bonds. The molecule has 16 atom stereocenters. The van der Waals surface area contributed by atoms with Crippen LogP contribution in [0.15, 0.2) is 35.6 Å². The van der Waals surface area contributed by atoms with E-state index in [-0.39, 0.29) is 50.2 Å². The Kier molecular flexibility index (Phi) is 23.5. The number of ether oxygens (including phenoxy) is 8. The lowest BCUT2D eigenvalue weighted by Gasteiger charge is -2.46. The fraction of sp³-hybridized carbons (Fsp3) is 0.778. The van der Waals surface area contributed by atoms with Crippen LogP contribution in [0.5, 0.6) is 0 Å². The van der Waals surface area contributed by atoms with E-state index >= 15 is 0 Å². The molecule has 20 nitrogen and oxygen atoms in total. The lowest BCUT2D eigenvalue weighted by atomic mass is 9.73. The van der Waals surface area contributed by atoms with Gasteiger partial charge in [0.2, 0.25) is 0 Å². The Labute approximate surface area is 443 Å². The van der Waals surface area contributed by atoms with Gasteiger partial charge in [-0.3, -0.25) is 9.69 Å². The minimum Gasteiger partial charge on any atom is -0.438 e. The summed E-state index contributed by atoms with van der Waals surface area (Å²) in [7, 11) is 8.26. The number of Topliss-reactive ketones (excluding diaryl/α,β-unsaturated/α-hetero) is 1. The van der Waals surface area contributed by atoms with E-state index in [1.165, 1.54) is 11.8 Å². The van der Waals surface area contributed by atoms with Crippen LogP contribution in [0.2, 0.25) is 0 Å². The Balaban J connectivity index is 1.29. The van der Waals surface area contributed by atoms with Crippen LogP contribution in [0, 0.1) is 23.7 Å². The fourth-order valence-electron chi connectivity index (χ4n) is 11.5. The highest BCUT2D eigenvalue weighted by molar-refractivity contribution is 6.01. The van der Waals surface area contributed by atoms with Crippen LogP contribution in [0.25, 0.3) is 0 Å². The number of aliphatic hydroxyl groups excluding tert-OH is 2. The van der Waals surface area contributed by atoms with Gasteiger partial charge in [0.25, 0.3) is 0 Å². The van der Waals surface area contributed by atoms with Crippen LogP contribution in [0.1, 0.15) is 116 Å². The average Bonchev–Trinajstić information content (AvgIpc) is 4.15. The maximum Gasteiger partial charge on any atom is 0.410 e. The number of alkyl halides is 1. The minimum atomic E-state index is -1.19. The number of carbonyl (C=O) groups excluding carboxylic acids is 3. The van der Waals surface area contributed by atoms with Crippen molar-refractivity contribution in [3.63, 3.8) is 0 Å². The molecule has 2 aromatic rings. The zero-order valence-corrected chi connectivity index (χ0v) is 46.6. The summed E-state index contributed by atoms with van der Waals surface area (Å²) in [4.78, 5) is 49.6. The molecule has 2 fully saturated rings. The number of likely N-dealkylation sites (N-methyl/N-ethyl adjacent to an activating group) is 1. The van der Waals surface area contributed by atoms with Crippen molar-refractivity contribution >= 4 is 23.9 Å². The summed E-state index contributed by atoms with van der Waals surface area (Å²) < 4.78 is 64.8. The first-order valence-electron chi connectivity index (χ1n) is 26.5. The molecule has 3 aliphatic heterocycles.